The number of aromatic nitrogens is 2. The number of H-pyrrole nitrogens is 1. The minimum absolute atomic E-state index is 0.0549. The summed E-state index contributed by atoms with van der Waals surface area (Å²) in [4.78, 5) is 40.9. The number of fused-ring (bicyclic) bond motifs is 2. The van der Waals surface area contributed by atoms with Crippen LogP contribution in [0.2, 0.25) is 0 Å². The van der Waals surface area contributed by atoms with E-state index >= 15 is 0 Å². The Morgan fingerprint density at radius 2 is 1.81 bits per heavy atom. The molecule has 0 radical (unpaired) electrons. The lowest BCUT2D eigenvalue weighted by Gasteiger charge is -2.56. The summed E-state index contributed by atoms with van der Waals surface area (Å²) in [6, 6.07) is 22.0. The first kappa shape index (κ1) is 41.7. The Morgan fingerprint density at radius 3 is 2.60 bits per heavy atom. The zero-order chi connectivity index (χ0) is 43.3. The van der Waals surface area contributed by atoms with Crippen molar-refractivity contribution in [2.45, 2.75) is 94.5 Å². The number of likely N-dealkylation sites (tertiary alicyclic amines) is 1. The number of rotatable bonds is 12. The van der Waals surface area contributed by atoms with E-state index in [1.807, 2.05) is 24.3 Å². The number of carbonyl (C=O) groups excluding carboxylic acids is 1. The maximum atomic E-state index is 14.1. The Bertz CT molecular complexity index is 2630. The number of anilines is 2. The first-order valence-electron chi connectivity index (χ1n) is 22.8. The van der Waals surface area contributed by atoms with Crippen molar-refractivity contribution in [2.24, 2.45) is 16.5 Å². The standard InChI is InChI=1S/C49H57N7O6S/c1-32(2)40-6-3-4-7-41(40)44-8-5-18-56(44)37-28-49(29-37)15-20-54(21-16-49)36-9-10-42(45(26-36)62-38-24-35-11-17-50-47(35)51-30-38)48(57)53-63(59,60)39-25-34-12-19-55(46(34)43(27-39)52-58)31-33-13-22-61-23-14-33/h3-4,6-7,9-11,17,24-27,30,32-33,37,44H,5,8,12-16,18-23,28-29,31H2,1-2H3,(H,50,51)(H,53,57)/t44-/m0/s1. The molecule has 5 aliphatic rings. The lowest BCUT2D eigenvalue weighted by Crippen LogP contribution is -2.54. The van der Waals surface area contributed by atoms with Crippen LogP contribution in [0.4, 0.5) is 17.1 Å². The molecule has 1 saturated carbocycles. The van der Waals surface area contributed by atoms with Crippen LogP contribution in [0.3, 0.4) is 0 Å². The van der Waals surface area contributed by atoms with Crippen molar-refractivity contribution in [2.75, 3.05) is 55.7 Å². The molecule has 13 nitrogen and oxygen atoms in total. The van der Waals surface area contributed by atoms with Crippen LogP contribution < -0.4 is 19.3 Å². The first-order valence-corrected chi connectivity index (χ1v) is 24.3. The van der Waals surface area contributed by atoms with Gasteiger partial charge in [0, 0.05) is 74.8 Å². The minimum Gasteiger partial charge on any atom is -0.455 e. The number of pyridine rings is 1. The van der Waals surface area contributed by atoms with Crippen LogP contribution in [-0.4, -0.2) is 81.2 Å². The summed E-state index contributed by atoms with van der Waals surface area (Å²) in [6.45, 7) is 10.3. The highest BCUT2D eigenvalue weighted by Gasteiger charge is 2.50. The fourth-order valence-electron chi connectivity index (χ4n) is 11.3. The van der Waals surface area contributed by atoms with Crippen LogP contribution in [0, 0.1) is 16.2 Å². The Kier molecular flexibility index (Phi) is 11.3. The summed E-state index contributed by atoms with van der Waals surface area (Å²) in [7, 11) is -4.41. The molecule has 1 amide bonds. The zero-order valence-corrected chi connectivity index (χ0v) is 37.0. The Hall–Kier alpha value is -5.31. The van der Waals surface area contributed by atoms with Gasteiger partial charge in [0.1, 0.15) is 22.8 Å². The van der Waals surface area contributed by atoms with Crippen molar-refractivity contribution in [3.63, 3.8) is 0 Å². The van der Waals surface area contributed by atoms with E-state index in [1.54, 1.807) is 24.5 Å². The molecule has 0 unspecified atom stereocenters. The molecule has 1 atom stereocenters. The second kappa shape index (κ2) is 17.0. The van der Waals surface area contributed by atoms with Crippen LogP contribution in [0.25, 0.3) is 11.0 Å². The van der Waals surface area contributed by atoms with Gasteiger partial charge in [-0.05, 0) is 140 Å². The van der Waals surface area contributed by atoms with Gasteiger partial charge in [-0.1, -0.05) is 38.1 Å². The molecule has 5 aromatic rings. The number of amides is 1. The van der Waals surface area contributed by atoms with Crippen molar-refractivity contribution in [1.29, 1.82) is 0 Å². The molecule has 1 aliphatic carbocycles. The first-order chi connectivity index (χ1) is 30.6. The molecular weight excluding hydrogens is 815 g/mol. The quantitative estimate of drug-likeness (QED) is 0.116. The van der Waals surface area contributed by atoms with Crippen LogP contribution in [0.5, 0.6) is 11.5 Å². The number of ether oxygens (including phenoxy) is 2. The highest BCUT2D eigenvalue weighted by molar-refractivity contribution is 7.90. The number of nitrogens with one attached hydrogen (secondary N) is 2. The van der Waals surface area contributed by atoms with Crippen molar-refractivity contribution in [1.82, 2.24) is 19.6 Å². The van der Waals surface area contributed by atoms with Crippen LogP contribution >= 0.6 is 0 Å². The SMILES string of the molecule is CC(C)c1ccccc1[C@@H]1CCCN1C1CC2(CCN(c3ccc(C(=O)NS(=O)(=O)c4cc5c(c(N=O)c4)N(CC4CCOCC4)CC5)c(Oc4cnc5[nH]ccc5c4)c3)CC2)C1. The minimum atomic E-state index is -4.41. The highest BCUT2D eigenvalue weighted by Crippen LogP contribution is 2.54. The number of aromatic amines is 1. The van der Waals surface area contributed by atoms with E-state index in [9.17, 15) is 18.1 Å². The molecule has 4 aliphatic heterocycles. The van der Waals surface area contributed by atoms with Gasteiger partial charge >= 0.3 is 0 Å². The van der Waals surface area contributed by atoms with Gasteiger partial charge in [0.2, 0.25) is 0 Å². The zero-order valence-electron chi connectivity index (χ0n) is 36.2. The summed E-state index contributed by atoms with van der Waals surface area (Å²) in [5.41, 5.74) is 6.43. The predicted octanol–water partition coefficient (Wildman–Crippen LogP) is 9.37. The van der Waals surface area contributed by atoms with Crippen molar-refractivity contribution in [3.05, 3.63) is 106 Å². The van der Waals surface area contributed by atoms with Crippen LogP contribution in [-0.2, 0) is 21.2 Å². The molecule has 3 saturated heterocycles. The van der Waals surface area contributed by atoms with Crippen molar-refractivity contribution in [3.8, 4) is 11.5 Å². The van der Waals surface area contributed by atoms with Gasteiger partial charge in [-0.3, -0.25) is 9.69 Å². The van der Waals surface area contributed by atoms with Crippen molar-refractivity contribution < 1.29 is 22.7 Å². The smallest absolute Gasteiger partial charge is 0.268 e. The van der Waals surface area contributed by atoms with Crippen LogP contribution in [0.15, 0.2) is 89.2 Å². The van der Waals surface area contributed by atoms with E-state index < -0.39 is 15.9 Å². The van der Waals surface area contributed by atoms with Crippen LogP contribution in [0.1, 0.15) is 104 Å². The normalized spacial score (nSPS) is 20.7. The van der Waals surface area contributed by atoms with E-state index in [0.717, 1.165) is 62.0 Å². The van der Waals surface area contributed by atoms with E-state index in [2.05, 4.69) is 72.7 Å². The number of carbonyl (C=O) groups is 1. The second-order valence-corrected chi connectivity index (χ2v) is 20.5. The Labute approximate surface area is 369 Å². The van der Waals surface area contributed by atoms with E-state index in [4.69, 9.17) is 9.47 Å². The number of piperidine rings is 1. The third-order valence-corrected chi connectivity index (χ3v) is 16.0. The van der Waals surface area contributed by atoms with E-state index in [-0.39, 0.29) is 21.9 Å². The number of hydrogen-bond donors (Lipinski definition) is 2. The molecule has 330 valence electrons. The number of hydrogen-bond acceptors (Lipinski definition) is 11. The van der Waals surface area contributed by atoms with Gasteiger partial charge in [0.05, 0.1) is 22.3 Å². The molecule has 14 heteroatoms. The molecule has 63 heavy (non-hydrogen) atoms. The van der Waals surface area contributed by atoms with Gasteiger partial charge < -0.3 is 24.3 Å². The summed E-state index contributed by atoms with van der Waals surface area (Å²) in [5.74, 6) is 0.715. The lowest BCUT2D eigenvalue weighted by atomic mass is 9.59. The number of benzene rings is 3. The maximum Gasteiger partial charge on any atom is 0.268 e. The molecule has 4 fully saturated rings. The van der Waals surface area contributed by atoms with Gasteiger partial charge in [0.25, 0.3) is 15.9 Å². The van der Waals surface area contributed by atoms with Crippen molar-refractivity contribution >= 4 is 44.0 Å². The average Bonchev–Trinajstić information content (AvgIpc) is 4.06. The molecule has 10 rings (SSSR count). The summed E-state index contributed by atoms with van der Waals surface area (Å²) in [5, 5.41) is 4.10. The molecule has 6 heterocycles. The third-order valence-electron chi connectivity index (χ3n) is 14.6. The van der Waals surface area contributed by atoms with Gasteiger partial charge in [-0.15, -0.1) is 4.91 Å². The van der Waals surface area contributed by atoms with E-state index in [1.165, 1.54) is 49.4 Å². The molecule has 2 N–H and O–H groups in total. The second-order valence-electron chi connectivity index (χ2n) is 18.8. The van der Waals surface area contributed by atoms with Gasteiger partial charge in [-0.2, -0.15) is 0 Å². The highest BCUT2D eigenvalue weighted by atomic mass is 32.2. The Balaban J connectivity index is 0.853. The van der Waals surface area contributed by atoms with Gasteiger partial charge in [-0.25, -0.2) is 18.1 Å². The largest absolute Gasteiger partial charge is 0.455 e. The summed E-state index contributed by atoms with van der Waals surface area (Å²) in [6.07, 6.45) is 12.9. The summed E-state index contributed by atoms with van der Waals surface area (Å²) >= 11 is 0. The maximum absolute atomic E-state index is 14.1. The molecule has 0 bridgehead atoms. The van der Waals surface area contributed by atoms with E-state index in [0.29, 0.717) is 72.6 Å². The Morgan fingerprint density at radius 1 is 1.00 bits per heavy atom. The average molecular weight is 872 g/mol. The number of nitrogens with zero attached hydrogens (tertiary/aromatic N) is 5. The predicted molar refractivity (Wildman–Crippen MR) is 245 cm³/mol. The monoisotopic (exact) mass is 871 g/mol. The van der Waals surface area contributed by atoms with Gasteiger partial charge in [0.15, 0.2) is 0 Å². The number of sulfonamides is 1. The fourth-order valence-corrected chi connectivity index (χ4v) is 12.3. The third kappa shape index (κ3) is 8.21. The molecule has 2 aromatic heterocycles. The lowest BCUT2D eigenvalue weighted by molar-refractivity contribution is -0.0227. The molecular formula is C49H57N7O6S. The molecule has 1 spiro atoms. The fraction of sp³-hybridized carbons (Fsp3) is 0.469. The topological polar surface area (TPSA) is 150 Å². The summed E-state index contributed by atoms with van der Waals surface area (Å²) < 4.78 is 42.1. The molecule has 3 aromatic carbocycles. The number of nitroso groups, excluding NO2 is 1.